The number of halogens is 2. The number of carbonyl (C=O) groups is 1. The molecule has 1 N–H and O–H groups in total. The van der Waals surface area contributed by atoms with Crippen molar-refractivity contribution >= 4 is 29.1 Å². The molecule has 1 atom stereocenters. The predicted octanol–water partition coefficient (Wildman–Crippen LogP) is 3.74. The summed E-state index contributed by atoms with van der Waals surface area (Å²) in [5.74, 6) is 0.478. The second kappa shape index (κ2) is 6.77. The zero-order valence-corrected chi connectivity index (χ0v) is 14.1. The molecule has 120 valence electrons. The Hall–Kier alpha value is -1.78. The Bertz CT molecular complexity index is 749. The highest BCUT2D eigenvalue weighted by Crippen LogP contribution is 2.30. The van der Waals surface area contributed by atoms with E-state index in [0.29, 0.717) is 22.5 Å². The molecule has 0 saturated carbocycles. The molecule has 0 aliphatic carbocycles. The summed E-state index contributed by atoms with van der Waals surface area (Å²) in [6.45, 7) is 2.41. The smallest absolute Gasteiger partial charge is 0.225 e. The summed E-state index contributed by atoms with van der Waals surface area (Å²) in [4.78, 5) is 16.5. The number of hydrogen-bond donors (Lipinski definition) is 1. The molecule has 2 heterocycles. The lowest BCUT2D eigenvalue weighted by Gasteiger charge is -2.14. The van der Waals surface area contributed by atoms with E-state index in [-0.39, 0.29) is 18.4 Å². The van der Waals surface area contributed by atoms with Crippen molar-refractivity contribution in [2.75, 3.05) is 6.61 Å². The number of carbonyl (C=O) groups excluding carboxylic acids is 1. The Morgan fingerprint density at radius 1 is 1.43 bits per heavy atom. The van der Waals surface area contributed by atoms with Crippen LogP contribution in [0.2, 0.25) is 10.0 Å². The second-order valence-electron chi connectivity index (χ2n) is 5.38. The average Bonchev–Trinajstić information content (AvgIpc) is 2.93. The van der Waals surface area contributed by atoms with E-state index in [1.165, 1.54) is 0 Å². The zero-order chi connectivity index (χ0) is 16.4. The molecule has 23 heavy (non-hydrogen) atoms. The van der Waals surface area contributed by atoms with Gasteiger partial charge in [-0.2, -0.15) is 0 Å². The Morgan fingerprint density at radius 2 is 2.26 bits per heavy atom. The molecule has 1 aromatic heterocycles. The van der Waals surface area contributed by atoms with Crippen LogP contribution in [0, 0.1) is 0 Å². The van der Waals surface area contributed by atoms with E-state index in [1.807, 2.05) is 25.1 Å². The number of pyridine rings is 1. The molecular weight excluding hydrogens is 335 g/mol. The minimum atomic E-state index is -0.178. The first-order chi connectivity index (χ1) is 11.1. The topological polar surface area (TPSA) is 51.2 Å². The third-order valence-corrected chi connectivity index (χ3v) is 4.42. The van der Waals surface area contributed by atoms with E-state index in [2.05, 4.69) is 10.3 Å². The number of ether oxygens (including phenoxy) is 1. The van der Waals surface area contributed by atoms with E-state index in [1.54, 1.807) is 12.3 Å². The first kappa shape index (κ1) is 16.1. The zero-order valence-electron chi connectivity index (χ0n) is 12.6. The minimum absolute atomic E-state index is 0.103. The van der Waals surface area contributed by atoms with Crippen LogP contribution in [0.1, 0.15) is 29.7 Å². The molecule has 1 amide bonds. The highest BCUT2D eigenvalue weighted by Gasteiger charge is 2.26. The number of fused-ring (bicyclic) bond motifs is 1. The predicted molar refractivity (Wildman–Crippen MR) is 90.2 cm³/mol. The number of benzene rings is 1. The molecule has 3 rings (SSSR count). The molecule has 1 aliphatic heterocycles. The quantitative estimate of drug-likeness (QED) is 0.913. The largest absolute Gasteiger partial charge is 0.475 e. The van der Waals surface area contributed by atoms with Crippen molar-refractivity contribution in [3.8, 4) is 5.88 Å². The number of aromatic nitrogens is 1. The first-order valence-corrected chi connectivity index (χ1v) is 8.18. The molecule has 4 nitrogen and oxygen atoms in total. The van der Waals surface area contributed by atoms with Crippen molar-refractivity contribution in [3.63, 3.8) is 0 Å². The molecule has 1 aliphatic rings. The standard InChI is InChI=1S/C17H16Cl2N2O2/c1-2-10-6-11(18)7-14(19)13(10)8-16(22)21-15-9-23-17-12(15)4-3-5-20-17/h3-7,15H,2,8-9H2,1H3,(H,21,22). The van der Waals surface area contributed by atoms with E-state index >= 15 is 0 Å². The number of amides is 1. The highest BCUT2D eigenvalue weighted by atomic mass is 35.5. The van der Waals surface area contributed by atoms with Gasteiger partial charge in [-0.25, -0.2) is 4.98 Å². The van der Waals surface area contributed by atoms with Gasteiger partial charge in [-0.1, -0.05) is 30.1 Å². The SMILES string of the molecule is CCc1cc(Cl)cc(Cl)c1CC(=O)NC1COc2ncccc21. The van der Waals surface area contributed by atoms with E-state index in [4.69, 9.17) is 27.9 Å². The van der Waals surface area contributed by atoms with Crippen molar-refractivity contribution in [2.24, 2.45) is 0 Å². The van der Waals surface area contributed by atoms with Crippen LogP contribution in [0.15, 0.2) is 30.5 Å². The van der Waals surface area contributed by atoms with Crippen LogP contribution in [0.3, 0.4) is 0 Å². The number of nitrogens with zero attached hydrogens (tertiary/aromatic N) is 1. The summed E-state index contributed by atoms with van der Waals surface area (Å²) in [6.07, 6.45) is 2.65. The van der Waals surface area contributed by atoms with Crippen molar-refractivity contribution in [1.29, 1.82) is 0 Å². The average molecular weight is 351 g/mol. The van der Waals surface area contributed by atoms with Gasteiger partial charge in [-0.05, 0) is 41.8 Å². The fourth-order valence-corrected chi connectivity index (χ4v) is 3.34. The summed E-state index contributed by atoms with van der Waals surface area (Å²) in [5.41, 5.74) is 2.71. The lowest BCUT2D eigenvalue weighted by Crippen LogP contribution is -2.31. The Morgan fingerprint density at radius 3 is 3.04 bits per heavy atom. The fraction of sp³-hybridized carbons (Fsp3) is 0.294. The Balaban J connectivity index is 1.74. The van der Waals surface area contributed by atoms with Gasteiger partial charge in [-0.15, -0.1) is 0 Å². The molecule has 0 bridgehead atoms. The normalized spacial score (nSPS) is 15.9. The Kier molecular flexibility index (Phi) is 4.74. The number of aryl methyl sites for hydroxylation is 1. The molecule has 0 fully saturated rings. The summed E-state index contributed by atoms with van der Waals surface area (Å²) in [5, 5.41) is 4.09. The third-order valence-electron chi connectivity index (χ3n) is 3.87. The second-order valence-corrected chi connectivity index (χ2v) is 6.23. The minimum Gasteiger partial charge on any atom is -0.475 e. The van der Waals surface area contributed by atoms with E-state index in [0.717, 1.165) is 23.1 Å². The van der Waals surface area contributed by atoms with Crippen LogP contribution >= 0.6 is 23.2 Å². The number of rotatable bonds is 4. The van der Waals surface area contributed by atoms with Gasteiger partial charge in [0.2, 0.25) is 11.8 Å². The summed E-state index contributed by atoms with van der Waals surface area (Å²) < 4.78 is 5.48. The lowest BCUT2D eigenvalue weighted by atomic mass is 10.0. The lowest BCUT2D eigenvalue weighted by molar-refractivity contribution is -0.121. The van der Waals surface area contributed by atoms with Gasteiger partial charge in [0, 0.05) is 21.8 Å². The fourth-order valence-electron chi connectivity index (χ4n) is 2.74. The molecule has 1 unspecified atom stereocenters. The first-order valence-electron chi connectivity index (χ1n) is 7.42. The third kappa shape index (κ3) is 3.43. The molecular formula is C17H16Cl2N2O2. The molecule has 2 aromatic rings. The summed E-state index contributed by atoms with van der Waals surface area (Å²) in [6, 6.07) is 7.09. The van der Waals surface area contributed by atoms with E-state index < -0.39 is 0 Å². The van der Waals surface area contributed by atoms with Crippen molar-refractivity contribution in [3.05, 3.63) is 57.2 Å². The Labute approximate surface area is 144 Å². The molecule has 1 aromatic carbocycles. The maximum absolute atomic E-state index is 12.4. The molecule has 6 heteroatoms. The van der Waals surface area contributed by atoms with Crippen LogP contribution in [0.25, 0.3) is 0 Å². The van der Waals surface area contributed by atoms with Gasteiger partial charge < -0.3 is 10.1 Å². The van der Waals surface area contributed by atoms with Gasteiger partial charge in [0.1, 0.15) is 6.61 Å². The molecule has 0 saturated heterocycles. The highest BCUT2D eigenvalue weighted by molar-refractivity contribution is 6.35. The van der Waals surface area contributed by atoms with Crippen LogP contribution in [0.4, 0.5) is 0 Å². The van der Waals surface area contributed by atoms with Crippen molar-refractivity contribution in [1.82, 2.24) is 10.3 Å². The van der Waals surface area contributed by atoms with Crippen LogP contribution in [0.5, 0.6) is 5.88 Å². The van der Waals surface area contributed by atoms with Gasteiger partial charge in [0.05, 0.1) is 12.5 Å². The van der Waals surface area contributed by atoms with Crippen molar-refractivity contribution in [2.45, 2.75) is 25.8 Å². The monoisotopic (exact) mass is 350 g/mol. The van der Waals surface area contributed by atoms with Crippen LogP contribution < -0.4 is 10.1 Å². The van der Waals surface area contributed by atoms with Gasteiger partial charge in [-0.3, -0.25) is 4.79 Å². The van der Waals surface area contributed by atoms with Crippen LogP contribution in [-0.2, 0) is 17.6 Å². The maximum atomic E-state index is 12.4. The summed E-state index contributed by atoms with van der Waals surface area (Å²) in [7, 11) is 0. The van der Waals surface area contributed by atoms with Crippen molar-refractivity contribution < 1.29 is 9.53 Å². The van der Waals surface area contributed by atoms with Gasteiger partial charge >= 0.3 is 0 Å². The summed E-state index contributed by atoms with van der Waals surface area (Å²) >= 11 is 12.3. The molecule has 0 radical (unpaired) electrons. The van der Waals surface area contributed by atoms with E-state index in [9.17, 15) is 4.79 Å². The van der Waals surface area contributed by atoms with Gasteiger partial charge in [0.25, 0.3) is 0 Å². The molecule has 0 spiro atoms. The van der Waals surface area contributed by atoms with Crippen LogP contribution in [-0.4, -0.2) is 17.5 Å². The van der Waals surface area contributed by atoms with Gasteiger partial charge in [0.15, 0.2) is 0 Å². The maximum Gasteiger partial charge on any atom is 0.225 e. The number of nitrogens with one attached hydrogen (secondary N) is 1. The number of hydrogen-bond acceptors (Lipinski definition) is 3.